The predicted octanol–water partition coefficient (Wildman–Crippen LogP) is 6.88. The third-order valence-corrected chi connectivity index (χ3v) is 7.04. The molecule has 1 saturated carbocycles. The van der Waals surface area contributed by atoms with Crippen molar-refractivity contribution in [1.82, 2.24) is 10.1 Å². The molecule has 2 aromatic heterocycles. The van der Waals surface area contributed by atoms with Crippen molar-refractivity contribution >= 4 is 17.6 Å². The fourth-order valence-corrected chi connectivity index (χ4v) is 4.96. The van der Waals surface area contributed by atoms with Crippen molar-refractivity contribution in [3.8, 4) is 28.6 Å². The lowest BCUT2D eigenvalue weighted by Gasteiger charge is -2.12. The number of fused-ring (bicyclic) bond motifs is 2. The standard InChI is InChI=1S/C28H22ClFN2O5/c1-14-3-2-4-19(29)25(14)26-18(27(37-32-26)15-5-6-15)13-35-24-10-9-22-21(31-24)8-7-17-20(30)11-16(28(33)34)12-23(17)36-22/h2-4,9-12,15H,5-8,13H2,1H3,(H,33,34). The Balaban J connectivity index is 1.28. The largest absolute Gasteiger partial charge is 0.478 e. The summed E-state index contributed by atoms with van der Waals surface area (Å²) >= 11 is 6.52. The molecule has 6 rings (SSSR count). The Labute approximate surface area is 216 Å². The molecule has 9 heteroatoms. The first-order valence-corrected chi connectivity index (χ1v) is 12.4. The molecule has 0 saturated heterocycles. The third-order valence-electron chi connectivity index (χ3n) is 6.73. The first-order valence-electron chi connectivity index (χ1n) is 12.0. The molecule has 0 amide bonds. The Kier molecular flexibility index (Phi) is 5.83. The summed E-state index contributed by atoms with van der Waals surface area (Å²) in [6.07, 6.45) is 2.81. The maximum Gasteiger partial charge on any atom is 0.335 e. The number of aromatic nitrogens is 2. The first-order chi connectivity index (χ1) is 17.9. The number of carboxylic acids is 1. The summed E-state index contributed by atoms with van der Waals surface area (Å²) in [5.41, 5.74) is 4.08. The molecule has 0 unspecified atom stereocenters. The lowest BCUT2D eigenvalue weighted by atomic mass is 10.0. The van der Waals surface area contributed by atoms with E-state index in [4.69, 9.17) is 25.6 Å². The Morgan fingerprint density at radius 3 is 2.78 bits per heavy atom. The fourth-order valence-electron chi connectivity index (χ4n) is 4.65. The summed E-state index contributed by atoms with van der Waals surface area (Å²) in [6, 6.07) is 11.4. The normalized spacial score (nSPS) is 14.4. The van der Waals surface area contributed by atoms with Gasteiger partial charge in [0.05, 0.1) is 21.8 Å². The number of hydrogen-bond acceptors (Lipinski definition) is 6. The summed E-state index contributed by atoms with van der Waals surface area (Å²) in [7, 11) is 0. The van der Waals surface area contributed by atoms with Gasteiger partial charge in [0.1, 0.15) is 35.4 Å². The molecule has 0 bridgehead atoms. The molecule has 4 aromatic rings. The quantitative estimate of drug-likeness (QED) is 0.296. The average molecular weight is 521 g/mol. The second kappa shape index (κ2) is 9.19. The van der Waals surface area contributed by atoms with Crippen molar-refractivity contribution in [2.24, 2.45) is 0 Å². The molecule has 1 N–H and O–H groups in total. The van der Waals surface area contributed by atoms with E-state index in [-0.39, 0.29) is 17.9 Å². The van der Waals surface area contributed by atoms with Crippen LogP contribution in [0.15, 0.2) is 47.0 Å². The first kappa shape index (κ1) is 23.5. The third kappa shape index (κ3) is 4.42. The van der Waals surface area contributed by atoms with E-state index in [1.54, 1.807) is 12.1 Å². The van der Waals surface area contributed by atoms with Gasteiger partial charge in [-0.05, 0) is 62.4 Å². The van der Waals surface area contributed by atoms with Crippen LogP contribution < -0.4 is 9.47 Å². The Morgan fingerprint density at radius 1 is 1.19 bits per heavy atom. The van der Waals surface area contributed by atoms with Crippen LogP contribution in [0.2, 0.25) is 5.02 Å². The molecule has 37 heavy (non-hydrogen) atoms. The van der Waals surface area contributed by atoms with E-state index >= 15 is 0 Å². The van der Waals surface area contributed by atoms with Gasteiger partial charge in [-0.3, -0.25) is 0 Å². The van der Waals surface area contributed by atoms with Crippen LogP contribution in [-0.2, 0) is 19.4 Å². The zero-order valence-corrected chi connectivity index (χ0v) is 20.6. The van der Waals surface area contributed by atoms with Crippen LogP contribution in [-0.4, -0.2) is 21.2 Å². The van der Waals surface area contributed by atoms with Crippen LogP contribution in [0, 0.1) is 12.7 Å². The van der Waals surface area contributed by atoms with Crippen LogP contribution in [0.4, 0.5) is 4.39 Å². The minimum atomic E-state index is -1.22. The maximum atomic E-state index is 14.6. The van der Waals surface area contributed by atoms with Crippen molar-refractivity contribution in [2.45, 2.75) is 45.1 Å². The number of carbonyl (C=O) groups is 1. The maximum absolute atomic E-state index is 14.6. The molecule has 0 atom stereocenters. The molecule has 0 radical (unpaired) electrons. The average Bonchev–Trinajstić information content (AvgIpc) is 3.65. The highest BCUT2D eigenvalue weighted by molar-refractivity contribution is 6.33. The number of hydrogen-bond donors (Lipinski definition) is 1. The summed E-state index contributed by atoms with van der Waals surface area (Å²) in [5, 5.41) is 14.2. The van der Waals surface area contributed by atoms with Crippen LogP contribution in [0.1, 0.15) is 57.3 Å². The van der Waals surface area contributed by atoms with E-state index in [0.29, 0.717) is 52.4 Å². The van der Waals surface area contributed by atoms with Crippen LogP contribution in [0.5, 0.6) is 17.4 Å². The van der Waals surface area contributed by atoms with E-state index in [0.717, 1.165) is 41.4 Å². The Bertz CT molecular complexity index is 1530. The number of nitrogens with zero attached hydrogens (tertiary/aromatic N) is 2. The van der Waals surface area contributed by atoms with Gasteiger partial charge >= 0.3 is 5.97 Å². The smallest absolute Gasteiger partial charge is 0.335 e. The number of ether oxygens (including phenoxy) is 2. The van der Waals surface area contributed by atoms with Crippen LogP contribution in [0.3, 0.4) is 0 Å². The summed E-state index contributed by atoms with van der Waals surface area (Å²) in [6.45, 7) is 2.17. The molecule has 188 valence electrons. The van der Waals surface area contributed by atoms with E-state index < -0.39 is 11.8 Å². The molecular formula is C28H22ClFN2O5. The molecule has 2 aromatic carbocycles. The van der Waals surface area contributed by atoms with Gasteiger partial charge in [0, 0.05) is 23.1 Å². The molecule has 7 nitrogen and oxygen atoms in total. The van der Waals surface area contributed by atoms with Gasteiger partial charge < -0.3 is 19.1 Å². The topological polar surface area (TPSA) is 94.7 Å². The number of carboxylic acid groups (broad SMARTS) is 1. The highest BCUT2D eigenvalue weighted by Gasteiger charge is 2.33. The Hall–Kier alpha value is -3.91. The van der Waals surface area contributed by atoms with Gasteiger partial charge in [-0.25, -0.2) is 14.2 Å². The second-order valence-corrected chi connectivity index (χ2v) is 9.71. The number of halogens is 2. The molecule has 1 aliphatic heterocycles. The van der Waals surface area contributed by atoms with E-state index in [9.17, 15) is 14.3 Å². The molecular weight excluding hydrogens is 499 g/mol. The molecule has 0 spiro atoms. The predicted molar refractivity (Wildman–Crippen MR) is 133 cm³/mol. The number of rotatable bonds is 6. The van der Waals surface area contributed by atoms with Gasteiger partial charge in [-0.1, -0.05) is 28.9 Å². The summed E-state index contributed by atoms with van der Waals surface area (Å²) < 4.78 is 32.3. The monoisotopic (exact) mass is 520 g/mol. The van der Waals surface area contributed by atoms with Crippen molar-refractivity contribution in [3.05, 3.63) is 87.0 Å². The second-order valence-electron chi connectivity index (χ2n) is 9.30. The lowest BCUT2D eigenvalue weighted by Crippen LogP contribution is -2.03. The van der Waals surface area contributed by atoms with Crippen molar-refractivity contribution in [1.29, 1.82) is 0 Å². The van der Waals surface area contributed by atoms with Crippen LogP contribution in [0.25, 0.3) is 11.3 Å². The SMILES string of the molecule is Cc1cccc(Cl)c1-c1noc(C2CC2)c1COc1ccc2c(n1)CCc1c(F)cc(C(=O)O)cc1O2. The number of aryl methyl sites for hydroxylation is 2. The van der Waals surface area contributed by atoms with Crippen LogP contribution >= 0.6 is 11.6 Å². The van der Waals surface area contributed by atoms with Gasteiger partial charge in [0.25, 0.3) is 0 Å². The van der Waals surface area contributed by atoms with Gasteiger partial charge in [0.2, 0.25) is 5.88 Å². The number of aromatic carboxylic acids is 1. The van der Waals surface area contributed by atoms with Crippen molar-refractivity contribution in [2.75, 3.05) is 0 Å². The zero-order valence-electron chi connectivity index (χ0n) is 19.9. The highest BCUT2D eigenvalue weighted by Crippen LogP contribution is 2.45. The molecule has 2 aliphatic rings. The van der Waals surface area contributed by atoms with E-state index in [1.165, 1.54) is 6.07 Å². The lowest BCUT2D eigenvalue weighted by molar-refractivity contribution is 0.0696. The van der Waals surface area contributed by atoms with Crippen molar-refractivity contribution in [3.63, 3.8) is 0 Å². The minimum Gasteiger partial charge on any atom is -0.478 e. The molecule has 3 heterocycles. The molecule has 1 fully saturated rings. The summed E-state index contributed by atoms with van der Waals surface area (Å²) in [4.78, 5) is 15.9. The van der Waals surface area contributed by atoms with Gasteiger partial charge in [0.15, 0.2) is 0 Å². The van der Waals surface area contributed by atoms with Gasteiger partial charge in [-0.15, -0.1) is 0 Å². The van der Waals surface area contributed by atoms with Gasteiger partial charge in [-0.2, -0.15) is 0 Å². The zero-order chi connectivity index (χ0) is 25.7. The summed E-state index contributed by atoms with van der Waals surface area (Å²) in [5.74, 6) is 0.301. The fraction of sp³-hybridized carbons (Fsp3) is 0.250. The van der Waals surface area contributed by atoms with Crippen molar-refractivity contribution < 1.29 is 28.3 Å². The van der Waals surface area contributed by atoms with E-state index in [1.807, 2.05) is 25.1 Å². The highest BCUT2D eigenvalue weighted by atomic mass is 35.5. The number of pyridine rings is 1. The van der Waals surface area contributed by atoms with E-state index in [2.05, 4.69) is 10.1 Å². The Morgan fingerprint density at radius 2 is 2.03 bits per heavy atom. The molecule has 1 aliphatic carbocycles. The minimum absolute atomic E-state index is 0.169. The number of benzene rings is 2.